The summed E-state index contributed by atoms with van der Waals surface area (Å²) in [6.07, 6.45) is 8.16. The van der Waals surface area contributed by atoms with Gasteiger partial charge in [-0.05, 0) is 53.5 Å². The van der Waals surface area contributed by atoms with Crippen molar-refractivity contribution in [3.8, 4) is 5.75 Å². The van der Waals surface area contributed by atoms with E-state index in [2.05, 4.69) is 11.4 Å². The molecule has 0 aliphatic heterocycles. The molecule has 0 radical (unpaired) electrons. The van der Waals surface area contributed by atoms with Gasteiger partial charge in [0.2, 0.25) is 5.91 Å². The molecule has 0 heterocycles. The summed E-state index contributed by atoms with van der Waals surface area (Å²) in [6.45, 7) is 0. The Morgan fingerprint density at radius 2 is 1.86 bits per heavy atom. The van der Waals surface area contributed by atoms with Crippen LogP contribution in [0.1, 0.15) is 31.2 Å². The minimum Gasteiger partial charge on any atom is -0.497 e. The van der Waals surface area contributed by atoms with Gasteiger partial charge >= 0.3 is 0 Å². The van der Waals surface area contributed by atoms with Gasteiger partial charge in [0.15, 0.2) is 0 Å². The van der Waals surface area contributed by atoms with Gasteiger partial charge in [0.25, 0.3) is 0 Å². The lowest BCUT2D eigenvalue weighted by Gasteiger charge is -2.09. The van der Waals surface area contributed by atoms with Gasteiger partial charge in [-0.25, -0.2) is 0 Å². The van der Waals surface area contributed by atoms with Gasteiger partial charge in [-0.1, -0.05) is 31.0 Å². The minimum atomic E-state index is 0.00160. The van der Waals surface area contributed by atoms with Crippen LogP contribution in [0.5, 0.6) is 5.75 Å². The normalized spacial score (nSPS) is 15.5. The topological polar surface area (TPSA) is 38.3 Å². The summed E-state index contributed by atoms with van der Waals surface area (Å²) in [5.41, 5.74) is 1.03. The second kappa shape index (κ2) is 6.65. The number of ether oxygens (including phenoxy) is 1. The van der Waals surface area contributed by atoms with E-state index < -0.39 is 0 Å². The zero-order valence-electron chi connectivity index (χ0n) is 12.8. The first-order valence-corrected chi connectivity index (χ1v) is 7.81. The van der Waals surface area contributed by atoms with Crippen LogP contribution in [-0.4, -0.2) is 19.1 Å². The molecule has 0 spiro atoms. The maximum Gasteiger partial charge on any atom is 0.244 e. The minimum absolute atomic E-state index is 0.00160. The van der Waals surface area contributed by atoms with Crippen molar-refractivity contribution in [3.63, 3.8) is 0 Å². The number of carbonyl (C=O) groups is 1. The SMILES string of the molecule is COc1ccc2cc(/C=C/C(=O)NC3CCCC3)ccc2c1. The average molecular weight is 295 g/mol. The zero-order valence-corrected chi connectivity index (χ0v) is 12.8. The van der Waals surface area contributed by atoms with Crippen LogP contribution < -0.4 is 10.1 Å². The predicted octanol–water partition coefficient (Wildman–Crippen LogP) is 3.92. The third-order valence-electron chi connectivity index (χ3n) is 4.20. The third kappa shape index (κ3) is 3.48. The molecular formula is C19H21NO2. The van der Waals surface area contributed by atoms with Crippen molar-refractivity contribution in [3.05, 3.63) is 48.0 Å². The van der Waals surface area contributed by atoms with E-state index in [1.54, 1.807) is 13.2 Å². The number of hydrogen-bond donors (Lipinski definition) is 1. The molecule has 22 heavy (non-hydrogen) atoms. The summed E-state index contributed by atoms with van der Waals surface area (Å²) in [6, 6.07) is 12.5. The van der Waals surface area contributed by atoms with Crippen LogP contribution in [0.3, 0.4) is 0 Å². The van der Waals surface area contributed by atoms with Crippen LogP contribution in [0.4, 0.5) is 0 Å². The largest absolute Gasteiger partial charge is 0.497 e. The Kier molecular flexibility index (Phi) is 4.42. The molecule has 1 fully saturated rings. The molecule has 0 aromatic heterocycles. The number of fused-ring (bicyclic) bond motifs is 1. The van der Waals surface area contributed by atoms with Crippen molar-refractivity contribution in [1.29, 1.82) is 0 Å². The number of nitrogens with one attached hydrogen (secondary N) is 1. The van der Waals surface area contributed by atoms with E-state index >= 15 is 0 Å². The van der Waals surface area contributed by atoms with Gasteiger partial charge in [0.1, 0.15) is 5.75 Å². The highest BCUT2D eigenvalue weighted by atomic mass is 16.5. The Morgan fingerprint density at radius 3 is 2.64 bits per heavy atom. The first-order chi connectivity index (χ1) is 10.7. The molecule has 1 saturated carbocycles. The average Bonchev–Trinajstić information content (AvgIpc) is 3.05. The first kappa shape index (κ1) is 14.6. The van der Waals surface area contributed by atoms with Crippen molar-refractivity contribution >= 4 is 22.8 Å². The fourth-order valence-corrected chi connectivity index (χ4v) is 2.96. The van der Waals surface area contributed by atoms with Crippen molar-refractivity contribution < 1.29 is 9.53 Å². The number of amides is 1. The van der Waals surface area contributed by atoms with E-state index in [9.17, 15) is 4.79 Å². The van der Waals surface area contributed by atoms with E-state index in [-0.39, 0.29) is 5.91 Å². The highest BCUT2D eigenvalue weighted by molar-refractivity contribution is 5.93. The van der Waals surface area contributed by atoms with Crippen LogP contribution in [0.15, 0.2) is 42.5 Å². The van der Waals surface area contributed by atoms with Crippen molar-refractivity contribution in [2.75, 3.05) is 7.11 Å². The number of carbonyl (C=O) groups excluding carboxylic acids is 1. The third-order valence-corrected chi connectivity index (χ3v) is 4.20. The summed E-state index contributed by atoms with van der Waals surface area (Å²) >= 11 is 0. The number of methoxy groups -OCH3 is 1. The van der Waals surface area contributed by atoms with Crippen molar-refractivity contribution in [2.45, 2.75) is 31.7 Å². The monoisotopic (exact) mass is 295 g/mol. The van der Waals surface area contributed by atoms with Gasteiger partial charge in [0.05, 0.1) is 7.11 Å². The lowest BCUT2D eigenvalue weighted by Crippen LogP contribution is -2.30. The van der Waals surface area contributed by atoms with Crippen LogP contribution in [0, 0.1) is 0 Å². The highest BCUT2D eigenvalue weighted by Gasteiger charge is 2.15. The summed E-state index contributed by atoms with van der Waals surface area (Å²) < 4.78 is 5.23. The molecule has 1 aliphatic carbocycles. The van der Waals surface area contributed by atoms with Crippen LogP contribution in [0.2, 0.25) is 0 Å². The molecule has 1 N–H and O–H groups in total. The Hall–Kier alpha value is -2.29. The van der Waals surface area contributed by atoms with Crippen LogP contribution >= 0.6 is 0 Å². The zero-order chi connectivity index (χ0) is 15.4. The molecule has 3 nitrogen and oxygen atoms in total. The summed E-state index contributed by atoms with van der Waals surface area (Å²) in [5, 5.41) is 5.33. The Morgan fingerprint density at radius 1 is 1.14 bits per heavy atom. The van der Waals surface area contributed by atoms with Crippen LogP contribution in [-0.2, 0) is 4.79 Å². The second-order valence-electron chi connectivity index (χ2n) is 5.80. The van der Waals surface area contributed by atoms with Gasteiger partial charge in [-0.15, -0.1) is 0 Å². The molecule has 0 saturated heterocycles. The lowest BCUT2D eigenvalue weighted by atomic mass is 10.1. The molecule has 0 bridgehead atoms. The van der Waals surface area contributed by atoms with Crippen molar-refractivity contribution in [2.24, 2.45) is 0 Å². The summed E-state index contributed by atoms with van der Waals surface area (Å²) in [4.78, 5) is 11.9. The second-order valence-corrected chi connectivity index (χ2v) is 5.80. The standard InChI is InChI=1S/C19H21NO2/c1-22-18-10-9-15-12-14(6-8-16(15)13-18)7-11-19(21)20-17-4-2-3-5-17/h6-13,17H,2-5H2,1H3,(H,20,21)/b11-7+. The molecule has 2 aromatic rings. The molecule has 3 heteroatoms. The number of benzene rings is 2. The summed E-state index contributed by atoms with van der Waals surface area (Å²) in [5.74, 6) is 0.855. The molecule has 114 valence electrons. The molecule has 0 unspecified atom stereocenters. The Labute approximate surface area is 131 Å². The predicted molar refractivity (Wildman–Crippen MR) is 89.9 cm³/mol. The van der Waals surface area contributed by atoms with Gasteiger partial charge in [-0.2, -0.15) is 0 Å². The fourth-order valence-electron chi connectivity index (χ4n) is 2.96. The Bertz CT molecular complexity index is 700. The fraction of sp³-hybridized carbons (Fsp3) is 0.316. The lowest BCUT2D eigenvalue weighted by molar-refractivity contribution is -0.117. The van der Waals surface area contributed by atoms with E-state index in [0.29, 0.717) is 6.04 Å². The van der Waals surface area contributed by atoms with E-state index in [0.717, 1.165) is 34.9 Å². The first-order valence-electron chi connectivity index (χ1n) is 7.81. The molecule has 1 aliphatic rings. The maximum atomic E-state index is 11.9. The van der Waals surface area contributed by atoms with Crippen LogP contribution in [0.25, 0.3) is 16.8 Å². The smallest absolute Gasteiger partial charge is 0.244 e. The van der Waals surface area contributed by atoms with Gasteiger partial charge in [-0.3, -0.25) is 4.79 Å². The van der Waals surface area contributed by atoms with Crippen molar-refractivity contribution in [1.82, 2.24) is 5.32 Å². The molecule has 0 atom stereocenters. The molecule has 2 aromatic carbocycles. The highest BCUT2D eigenvalue weighted by Crippen LogP contribution is 2.22. The number of hydrogen-bond acceptors (Lipinski definition) is 2. The number of rotatable bonds is 4. The maximum absolute atomic E-state index is 11.9. The Balaban J connectivity index is 1.70. The van der Waals surface area contributed by atoms with E-state index in [1.807, 2.05) is 36.4 Å². The molecular weight excluding hydrogens is 274 g/mol. The van der Waals surface area contributed by atoms with Gasteiger partial charge in [0, 0.05) is 12.1 Å². The quantitative estimate of drug-likeness (QED) is 0.868. The molecule has 3 rings (SSSR count). The van der Waals surface area contributed by atoms with E-state index in [1.165, 1.54) is 12.8 Å². The van der Waals surface area contributed by atoms with E-state index in [4.69, 9.17) is 4.74 Å². The molecule has 1 amide bonds. The van der Waals surface area contributed by atoms with Gasteiger partial charge < -0.3 is 10.1 Å². The summed E-state index contributed by atoms with van der Waals surface area (Å²) in [7, 11) is 1.67.